The van der Waals surface area contributed by atoms with E-state index in [0.717, 1.165) is 25.5 Å². The predicted molar refractivity (Wildman–Crippen MR) is 112 cm³/mol. The zero-order valence-corrected chi connectivity index (χ0v) is 14.9. The van der Waals surface area contributed by atoms with Gasteiger partial charge >= 0.3 is 0 Å². The maximum absolute atomic E-state index is 12.8. The highest BCUT2D eigenvalue weighted by Gasteiger charge is 2.22. The molecular formula is C21H27N5O. The van der Waals surface area contributed by atoms with Gasteiger partial charge in [0.2, 0.25) is 5.78 Å². The minimum absolute atomic E-state index is 0. The molecule has 0 radical (unpaired) electrons. The summed E-state index contributed by atoms with van der Waals surface area (Å²) in [6.07, 6.45) is 1.57. The number of carbonyl (C=O) groups excluding carboxylic acids is 1. The van der Waals surface area contributed by atoms with Crippen molar-refractivity contribution in [3.05, 3.63) is 83.7 Å². The van der Waals surface area contributed by atoms with Crippen LogP contribution in [-0.2, 0) is 0 Å². The third-order valence-electron chi connectivity index (χ3n) is 4.75. The number of aromatic nitrogens is 2. The van der Waals surface area contributed by atoms with E-state index in [1.54, 1.807) is 24.4 Å². The topological polar surface area (TPSA) is 84.1 Å². The van der Waals surface area contributed by atoms with Crippen molar-refractivity contribution in [3.8, 4) is 0 Å². The van der Waals surface area contributed by atoms with Gasteiger partial charge in [0.25, 0.3) is 0 Å². The average molecular weight is 365 g/mol. The number of piperazine rings is 1. The van der Waals surface area contributed by atoms with Crippen LogP contribution in [0.1, 0.15) is 31.9 Å². The number of hydrogen-bond acceptors (Lipinski definition) is 6. The SMILES string of the molecule is Nc1ncccc1C(=O)c1cccc(N2CCN[C@H](c3ccccc3)C2)n1.[HH].[HH].[HH]. The molecule has 3 N–H and O–H groups in total. The molecule has 142 valence electrons. The Morgan fingerprint density at radius 3 is 2.78 bits per heavy atom. The summed E-state index contributed by atoms with van der Waals surface area (Å²) in [6.45, 7) is 2.49. The van der Waals surface area contributed by atoms with Gasteiger partial charge < -0.3 is 16.0 Å². The van der Waals surface area contributed by atoms with Crippen LogP contribution in [0.3, 0.4) is 0 Å². The van der Waals surface area contributed by atoms with E-state index >= 15 is 0 Å². The summed E-state index contributed by atoms with van der Waals surface area (Å²) in [5.74, 6) is 0.809. The number of nitrogen functional groups attached to an aromatic ring is 1. The molecule has 6 heteroatoms. The predicted octanol–water partition coefficient (Wildman–Crippen LogP) is 3.18. The van der Waals surface area contributed by atoms with Crippen molar-refractivity contribution in [1.82, 2.24) is 15.3 Å². The lowest BCUT2D eigenvalue weighted by Gasteiger charge is -2.35. The van der Waals surface area contributed by atoms with E-state index in [1.165, 1.54) is 5.56 Å². The molecule has 6 nitrogen and oxygen atoms in total. The van der Waals surface area contributed by atoms with E-state index in [1.807, 2.05) is 30.3 Å². The Kier molecular flexibility index (Phi) is 4.80. The van der Waals surface area contributed by atoms with Crippen molar-refractivity contribution < 1.29 is 9.07 Å². The lowest BCUT2D eigenvalue weighted by Crippen LogP contribution is -2.46. The number of pyridine rings is 2. The zero-order valence-electron chi connectivity index (χ0n) is 14.9. The molecule has 0 bridgehead atoms. The Balaban J connectivity index is 0.00000150. The summed E-state index contributed by atoms with van der Waals surface area (Å²) in [4.78, 5) is 23.6. The Labute approximate surface area is 162 Å². The molecular weight excluding hydrogens is 338 g/mol. The van der Waals surface area contributed by atoms with E-state index in [4.69, 9.17) is 5.73 Å². The average Bonchev–Trinajstić information content (AvgIpc) is 2.74. The van der Waals surface area contributed by atoms with Crippen LogP contribution in [0, 0.1) is 0 Å². The Morgan fingerprint density at radius 1 is 1.11 bits per heavy atom. The summed E-state index contributed by atoms with van der Waals surface area (Å²) in [6, 6.07) is 19.5. The molecule has 0 amide bonds. The number of carbonyl (C=O) groups is 1. The fourth-order valence-electron chi connectivity index (χ4n) is 3.34. The maximum atomic E-state index is 12.8. The molecule has 0 saturated carbocycles. The molecule has 27 heavy (non-hydrogen) atoms. The third kappa shape index (κ3) is 3.66. The Bertz CT molecular complexity index is 958. The van der Waals surface area contributed by atoms with E-state index in [0.29, 0.717) is 11.3 Å². The first-order valence-corrected chi connectivity index (χ1v) is 8.98. The van der Waals surface area contributed by atoms with E-state index in [-0.39, 0.29) is 21.9 Å². The first-order chi connectivity index (χ1) is 13.2. The standard InChI is InChI=1S/C21H21N5O.3H2/c22-21-16(8-5-11-24-21)20(27)17-9-4-10-19(25-17)26-13-12-23-18(14-26)15-6-2-1-3-7-15;;;/h1-11,18,23H,12-14H2,(H2,22,24);3*1H/t18-;;;/m0.../s1. The molecule has 1 aliphatic rings. The summed E-state index contributed by atoms with van der Waals surface area (Å²) in [7, 11) is 0. The minimum atomic E-state index is -0.211. The molecule has 0 unspecified atom stereocenters. The number of rotatable bonds is 4. The summed E-state index contributed by atoms with van der Waals surface area (Å²) >= 11 is 0. The van der Waals surface area contributed by atoms with Crippen LogP contribution in [0.15, 0.2) is 66.9 Å². The maximum Gasteiger partial charge on any atom is 0.215 e. The van der Waals surface area contributed by atoms with Gasteiger partial charge in [0.05, 0.1) is 5.56 Å². The van der Waals surface area contributed by atoms with Crippen LogP contribution >= 0.6 is 0 Å². The highest BCUT2D eigenvalue weighted by atomic mass is 16.1. The van der Waals surface area contributed by atoms with E-state index in [9.17, 15) is 4.79 Å². The smallest absolute Gasteiger partial charge is 0.215 e. The van der Waals surface area contributed by atoms with E-state index < -0.39 is 0 Å². The van der Waals surface area contributed by atoms with Crippen molar-refractivity contribution in [2.75, 3.05) is 30.3 Å². The Hall–Kier alpha value is -3.25. The van der Waals surface area contributed by atoms with Crippen LogP contribution in [-0.4, -0.2) is 35.4 Å². The van der Waals surface area contributed by atoms with Crippen molar-refractivity contribution in [1.29, 1.82) is 0 Å². The van der Waals surface area contributed by atoms with Gasteiger partial charge in [-0.3, -0.25) is 4.79 Å². The lowest BCUT2D eigenvalue weighted by molar-refractivity contribution is 0.103. The largest absolute Gasteiger partial charge is 0.383 e. The molecule has 3 aromatic rings. The van der Waals surface area contributed by atoms with Gasteiger partial charge in [-0.25, -0.2) is 9.97 Å². The number of ketones is 1. The second-order valence-corrected chi connectivity index (χ2v) is 6.51. The van der Waals surface area contributed by atoms with Gasteiger partial charge in [-0.2, -0.15) is 0 Å². The van der Waals surface area contributed by atoms with Gasteiger partial charge in [0, 0.05) is 36.2 Å². The summed E-state index contributed by atoms with van der Waals surface area (Å²) < 4.78 is 0. The van der Waals surface area contributed by atoms with Crippen molar-refractivity contribution in [3.63, 3.8) is 0 Å². The number of nitrogens with zero attached hydrogens (tertiary/aromatic N) is 3. The first-order valence-electron chi connectivity index (χ1n) is 8.98. The van der Waals surface area contributed by atoms with Crippen LogP contribution in [0.5, 0.6) is 0 Å². The number of anilines is 2. The van der Waals surface area contributed by atoms with Crippen molar-refractivity contribution >= 4 is 17.4 Å². The third-order valence-corrected chi connectivity index (χ3v) is 4.75. The molecule has 1 aliphatic heterocycles. The molecule has 3 heterocycles. The van der Waals surface area contributed by atoms with Crippen molar-refractivity contribution in [2.24, 2.45) is 0 Å². The molecule has 2 aromatic heterocycles. The number of benzene rings is 1. The highest BCUT2D eigenvalue weighted by Crippen LogP contribution is 2.22. The minimum Gasteiger partial charge on any atom is -0.383 e. The van der Waals surface area contributed by atoms with Crippen molar-refractivity contribution in [2.45, 2.75) is 6.04 Å². The number of nitrogens with one attached hydrogen (secondary N) is 1. The first kappa shape index (κ1) is 17.2. The van der Waals surface area contributed by atoms with Gasteiger partial charge in [-0.05, 0) is 29.8 Å². The number of nitrogens with two attached hydrogens (primary N) is 1. The summed E-state index contributed by atoms with van der Waals surface area (Å²) in [5.41, 5.74) is 7.85. The van der Waals surface area contributed by atoms with Gasteiger partial charge in [-0.15, -0.1) is 0 Å². The molecule has 4 rings (SSSR count). The van der Waals surface area contributed by atoms with Crippen LogP contribution in [0.25, 0.3) is 0 Å². The lowest BCUT2D eigenvalue weighted by atomic mass is 10.0. The highest BCUT2D eigenvalue weighted by molar-refractivity contribution is 6.10. The fraction of sp³-hybridized carbons (Fsp3) is 0.190. The zero-order chi connectivity index (χ0) is 18.6. The van der Waals surface area contributed by atoms with Crippen LogP contribution in [0.2, 0.25) is 0 Å². The van der Waals surface area contributed by atoms with Gasteiger partial charge in [0.1, 0.15) is 17.3 Å². The molecule has 1 fully saturated rings. The number of hydrogen-bond donors (Lipinski definition) is 2. The molecule has 0 aliphatic carbocycles. The van der Waals surface area contributed by atoms with E-state index in [2.05, 4.69) is 32.3 Å². The second-order valence-electron chi connectivity index (χ2n) is 6.51. The van der Waals surface area contributed by atoms with Gasteiger partial charge in [-0.1, -0.05) is 36.4 Å². The second kappa shape index (κ2) is 7.55. The molecule has 1 saturated heterocycles. The van der Waals surface area contributed by atoms with Crippen LogP contribution < -0.4 is 16.0 Å². The van der Waals surface area contributed by atoms with Gasteiger partial charge in [0.15, 0.2) is 0 Å². The fourth-order valence-corrected chi connectivity index (χ4v) is 3.34. The summed E-state index contributed by atoms with van der Waals surface area (Å²) in [5, 5.41) is 3.54. The molecule has 1 aromatic carbocycles. The quantitative estimate of drug-likeness (QED) is 0.691. The normalized spacial score (nSPS) is 16.9. The Morgan fingerprint density at radius 2 is 1.96 bits per heavy atom. The molecule has 0 spiro atoms. The molecule has 1 atom stereocenters. The van der Waals surface area contributed by atoms with Crippen LogP contribution in [0.4, 0.5) is 11.6 Å². The monoisotopic (exact) mass is 365 g/mol.